The SMILES string of the molecule is C=C(N)c1ccc(Cl)s1. The average Bonchev–Trinajstić information content (AvgIpc) is 2.14. The van der Waals surface area contributed by atoms with Gasteiger partial charge in [0.15, 0.2) is 0 Å². The van der Waals surface area contributed by atoms with Crippen molar-refractivity contribution in [3.05, 3.63) is 27.9 Å². The lowest BCUT2D eigenvalue weighted by atomic mass is 10.4. The minimum atomic E-state index is 0.576. The van der Waals surface area contributed by atoms with E-state index in [1.807, 2.05) is 6.07 Å². The predicted octanol–water partition coefficient (Wildman–Crippen LogP) is 2.33. The highest BCUT2D eigenvalue weighted by molar-refractivity contribution is 7.17. The van der Waals surface area contributed by atoms with E-state index in [-0.39, 0.29) is 0 Å². The van der Waals surface area contributed by atoms with Crippen molar-refractivity contribution in [1.29, 1.82) is 0 Å². The topological polar surface area (TPSA) is 26.0 Å². The van der Waals surface area contributed by atoms with Crippen LogP contribution in [-0.2, 0) is 0 Å². The summed E-state index contributed by atoms with van der Waals surface area (Å²) in [6.45, 7) is 3.57. The Balaban J connectivity index is 2.98. The highest BCUT2D eigenvalue weighted by Gasteiger charge is 1.96. The van der Waals surface area contributed by atoms with E-state index in [4.69, 9.17) is 17.3 Å². The Morgan fingerprint density at radius 1 is 1.67 bits per heavy atom. The Morgan fingerprint density at radius 2 is 2.33 bits per heavy atom. The molecular formula is C6H6ClNS. The van der Waals surface area contributed by atoms with Gasteiger partial charge in [-0.3, -0.25) is 0 Å². The summed E-state index contributed by atoms with van der Waals surface area (Å²) >= 11 is 7.06. The summed E-state index contributed by atoms with van der Waals surface area (Å²) in [7, 11) is 0. The van der Waals surface area contributed by atoms with Gasteiger partial charge in [-0.15, -0.1) is 11.3 Å². The molecule has 1 aromatic heterocycles. The van der Waals surface area contributed by atoms with Gasteiger partial charge in [0.25, 0.3) is 0 Å². The van der Waals surface area contributed by atoms with Crippen LogP contribution in [0, 0.1) is 0 Å². The van der Waals surface area contributed by atoms with Crippen molar-refractivity contribution in [2.75, 3.05) is 0 Å². The van der Waals surface area contributed by atoms with Crippen molar-refractivity contribution in [1.82, 2.24) is 0 Å². The first kappa shape index (κ1) is 6.65. The van der Waals surface area contributed by atoms with Crippen molar-refractivity contribution in [2.45, 2.75) is 0 Å². The van der Waals surface area contributed by atoms with Crippen LogP contribution in [0.1, 0.15) is 4.88 Å². The molecule has 0 saturated carbocycles. The van der Waals surface area contributed by atoms with E-state index in [1.54, 1.807) is 6.07 Å². The van der Waals surface area contributed by atoms with Crippen LogP contribution in [0.25, 0.3) is 5.70 Å². The second kappa shape index (κ2) is 2.42. The molecule has 1 rings (SSSR count). The Morgan fingerprint density at radius 3 is 2.56 bits per heavy atom. The molecule has 0 aliphatic rings. The summed E-state index contributed by atoms with van der Waals surface area (Å²) in [4.78, 5) is 0.944. The Kier molecular flexibility index (Phi) is 1.78. The minimum Gasteiger partial charge on any atom is -0.398 e. The average molecular weight is 160 g/mol. The first-order chi connectivity index (χ1) is 4.20. The fourth-order valence-corrected chi connectivity index (χ4v) is 1.41. The molecular weight excluding hydrogens is 154 g/mol. The standard InChI is InChI=1S/C6H6ClNS/c1-4(8)5-2-3-6(7)9-5/h2-3H,1,8H2. The van der Waals surface area contributed by atoms with Gasteiger partial charge in [-0.05, 0) is 12.1 Å². The van der Waals surface area contributed by atoms with Crippen LogP contribution >= 0.6 is 22.9 Å². The third-order valence-electron chi connectivity index (χ3n) is 0.890. The number of nitrogens with two attached hydrogens (primary N) is 1. The zero-order valence-electron chi connectivity index (χ0n) is 4.73. The van der Waals surface area contributed by atoms with Gasteiger partial charge in [0.05, 0.1) is 9.21 Å². The smallest absolute Gasteiger partial charge is 0.0935 e. The van der Waals surface area contributed by atoms with Crippen LogP contribution in [-0.4, -0.2) is 0 Å². The molecule has 0 fully saturated rings. The van der Waals surface area contributed by atoms with Crippen molar-refractivity contribution in [3.63, 3.8) is 0 Å². The maximum atomic E-state index is 5.63. The molecule has 1 aromatic rings. The van der Waals surface area contributed by atoms with E-state index in [2.05, 4.69) is 6.58 Å². The lowest BCUT2D eigenvalue weighted by Crippen LogP contribution is -1.88. The molecule has 0 aliphatic carbocycles. The zero-order chi connectivity index (χ0) is 6.85. The zero-order valence-corrected chi connectivity index (χ0v) is 6.30. The molecule has 3 heteroatoms. The van der Waals surface area contributed by atoms with Crippen LogP contribution in [0.2, 0.25) is 4.34 Å². The van der Waals surface area contributed by atoms with Gasteiger partial charge >= 0.3 is 0 Å². The summed E-state index contributed by atoms with van der Waals surface area (Å²) < 4.78 is 0.747. The molecule has 48 valence electrons. The Hall–Kier alpha value is -0.470. The summed E-state index contributed by atoms with van der Waals surface area (Å²) in [5.74, 6) is 0. The fraction of sp³-hybridized carbons (Fsp3) is 0. The lowest BCUT2D eigenvalue weighted by molar-refractivity contribution is 1.63. The van der Waals surface area contributed by atoms with E-state index in [0.29, 0.717) is 5.70 Å². The largest absolute Gasteiger partial charge is 0.398 e. The molecule has 1 heterocycles. The molecule has 0 aromatic carbocycles. The quantitative estimate of drug-likeness (QED) is 0.669. The molecule has 0 saturated heterocycles. The Bertz CT molecular complexity index is 229. The minimum absolute atomic E-state index is 0.576. The molecule has 0 radical (unpaired) electrons. The summed E-state index contributed by atoms with van der Waals surface area (Å²) in [5, 5.41) is 0. The molecule has 0 aliphatic heterocycles. The van der Waals surface area contributed by atoms with Gasteiger partial charge in [-0.25, -0.2) is 0 Å². The summed E-state index contributed by atoms with van der Waals surface area (Å²) in [5.41, 5.74) is 5.96. The third kappa shape index (κ3) is 1.47. The molecule has 0 spiro atoms. The van der Waals surface area contributed by atoms with E-state index in [0.717, 1.165) is 9.21 Å². The van der Waals surface area contributed by atoms with Crippen molar-refractivity contribution in [3.8, 4) is 0 Å². The maximum Gasteiger partial charge on any atom is 0.0935 e. The number of hydrogen-bond acceptors (Lipinski definition) is 2. The fourth-order valence-electron chi connectivity index (χ4n) is 0.487. The van der Waals surface area contributed by atoms with Gasteiger partial charge < -0.3 is 5.73 Å². The van der Waals surface area contributed by atoms with E-state index >= 15 is 0 Å². The Labute approximate surface area is 62.8 Å². The number of rotatable bonds is 1. The van der Waals surface area contributed by atoms with Crippen molar-refractivity contribution in [2.24, 2.45) is 5.73 Å². The highest BCUT2D eigenvalue weighted by Crippen LogP contribution is 2.23. The van der Waals surface area contributed by atoms with Gasteiger partial charge in [-0.1, -0.05) is 18.2 Å². The molecule has 9 heavy (non-hydrogen) atoms. The van der Waals surface area contributed by atoms with Crippen LogP contribution in [0.5, 0.6) is 0 Å². The molecule has 1 nitrogen and oxygen atoms in total. The van der Waals surface area contributed by atoms with Gasteiger partial charge in [0.2, 0.25) is 0 Å². The molecule has 0 atom stereocenters. The highest BCUT2D eigenvalue weighted by atomic mass is 35.5. The molecule has 0 bridgehead atoms. The van der Waals surface area contributed by atoms with Crippen LogP contribution in [0.15, 0.2) is 18.7 Å². The van der Waals surface area contributed by atoms with E-state index in [1.165, 1.54) is 11.3 Å². The molecule has 0 amide bonds. The lowest BCUT2D eigenvalue weighted by Gasteiger charge is -1.87. The van der Waals surface area contributed by atoms with Gasteiger partial charge in [0, 0.05) is 5.70 Å². The van der Waals surface area contributed by atoms with Crippen LogP contribution in [0.3, 0.4) is 0 Å². The summed E-state index contributed by atoms with van der Waals surface area (Å²) in [6.07, 6.45) is 0. The monoisotopic (exact) mass is 159 g/mol. The van der Waals surface area contributed by atoms with Gasteiger partial charge in [0.1, 0.15) is 0 Å². The third-order valence-corrected chi connectivity index (χ3v) is 2.20. The van der Waals surface area contributed by atoms with Crippen LogP contribution in [0.4, 0.5) is 0 Å². The number of hydrogen-bond donors (Lipinski definition) is 1. The summed E-state index contributed by atoms with van der Waals surface area (Å²) in [6, 6.07) is 3.66. The first-order valence-electron chi connectivity index (χ1n) is 2.40. The van der Waals surface area contributed by atoms with Crippen molar-refractivity contribution < 1.29 is 0 Å². The van der Waals surface area contributed by atoms with Gasteiger partial charge in [-0.2, -0.15) is 0 Å². The van der Waals surface area contributed by atoms with E-state index < -0.39 is 0 Å². The maximum absolute atomic E-state index is 5.63. The second-order valence-corrected chi connectivity index (χ2v) is 3.34. The molecule has 0 unspecified atom stereocenters. The number of halogens is 1. The second-order valence-electron chi connectivity index (χ2n) is 1.63. The normalized spacial score (nSPS) is 9.44. The van der Waals surface area contributed by atoms with Crippen molar-refractivity contribution >= 4 is 28.6 Å². The van der Waals surface area contributed by atoms with E-state index in [9.17, 15) is 0 Å². The van der Waals surface area contributed by atoms with Crippen LogP contribution < -0.4 is 5.73 Å². The predicted molar refractivity (Wildman–Crippen MR) is 42.6 cm³/mol. The number of thiophene rings is 1. The molecule has 2 N–H and O–H groups in total. The first-order valence-corrected chi connectivity index (χ1v) is 3.59.